The van der Waals surface area contributed by atoms with Gasteiger partial charge in [-0.15, -0.1) is 0 Å². The van der Waals surface area contributed by atoms with Gasteiger partial charge >= 0.3 is 5.97 Å². The van der Waals surface area contributed by atoms with Gasteiger partial charge in [-0.05, 0) is 56.9 Å². The number of anilines is 1. The molecule has 0 aromatic heterocycles. The number of fused-ring (bicyclic) bond motifs is 1. The standard InChI is InChI=1S/C27H36N2O4S/c1-8-16(4)24-20(25(30)29(26(24)34)18(6)15(2)3)13-14-23-28(19(7)17(5)27(31)32)21-11-9-10-12-22(21)33-23/h9-19,24H,8H2,1-7H3,(H,31,32)/b20-13+,23-14+. The van der Waals surface area contributed by atoms with Gasteiger partial charge in [0.2, 0.25) is 5.88 Å². The summed E-state index contributed by atoms with van der Waals surface area (Å²) in [5.74, 6) is -0.0270. The predicted octanol–water partition coefficient (Wildman–Crippen LogP) is 5.64. The summed E-state index contributed by atoms with van der Waals surface area (Å²) in [6, 6.07) is 7.21. The molecule has 2 aliphatic heterocycles. The molecule has 1 saturated heterocycles. The molecule has 2 aliphatic rings. The molecule has 184 valence electrons. The Morgan fingerprint density at radius 2 is 1.74 bits per heavy atom. The summed E-state index contributed by atoms with van der Waals surface area (Å²) in [6.07, 6.45) is 4.52. The number of hydrogen-bond acceptors (Lipinski definition) is 5. The van der Waals surface area contributed by atoms with Gasteiger partial charge in [0.25, 0.3) is 5.91 Å². The number of para-hydroxylation sites is 2. The summed E-state index contributed by atoms with van der Waals surface area (Å²) in [5.41, 5.74) is 1.48. The highest BCUT2D eigenvalue weighted by molar-refractivity contribution is 7.80. The number of nitrogens with zero attached hydrogens (tertiary/aromatic N) is 2. The number of benzene rings is 1. The second-order valence-electron chi connectivity index (χ2n) is 9.80. The van der Waals surface area contributed by atoms with Gasteiger partial charge in [0.15, 0.2) is 5.75 Å². The average Bonchev–Trinajstić information content (AvgIpc) is 3.29. The monoisotopic (exact) mass is 484 g/mol. The maximum Gasteiger partial charge on any atom is 0.308 e. The average molecular weight is 485 g/mol. The summed E-state index contributed by atoms with van der Waals surface area (Å²) >= 11 is 5.82. The van der Waals surface area contributed by atoms with Gasteiger partial charge in [0, 0.05) is 23.6 Å². The lowest BCUT2D eigenvalue weighted by atomic mass is 9.87. The molecular formula is C27H36N2O4S. The number of rotatable bonds is 8. The first kappa shape index (κ1) is 25.9. The lowest BCUT2D eigenvalue weighted by Gasteiger charge is -2.28. The number of carbonyl (C=O) groups excluding carboxylic acids is 1. The number of hydrogen-bond donors (Lipinski definition) is 1. The smallest absolute Gasteiger partial charge is 0.308 e. The minimum atomic E-state index is -0.874. The van der Waals surface area contributed by atoms with Crippen molar-refractivity contribution in [2.24, 2.45) is 23.7 Å². The normalized spacial score (nSPS) is 23.9. The van der Waals surface area contributed by atoms with E-state index in [1.54, 1.807) is 17.9 Å². The zero-order chi connectivity index (χ0) is 25.3. The Labute approximate surface area is 208 Å². The second kappa shape index (κ2) is 10.3. The van der Waals surface area contributed by atoms with Gasteiger partial charge in [-0.25, -0.2) is 0 Å². The van der Waals surface area contributed by atoms with E-state index in [2.05, 4.69) is 27.7 Å². The second-order valence-corrected chi connectivity index (χ2v) is 10.2. The van der Waals surface area contributed by atoms with Crippen molar-refractivity contribution in [1.29, 1.82) is 0 Å². The van der Waals surface area contributed by atoms with Crippen LogP contribution in [0.25, 0.3) is 0 Å². The number of allylic oxidation sites excluding steroid dienone is 2. The van der Waals surface area contributed by atoms with Crippen molar-refractivity contribution < 1.29 is 19.4 Å². The molecule has 1 N–H and O–H groups in total. The molecule has 5 atom stereocenters. The van der Waals surface area contributed by atoms with Gasteiger partial charge in [-0.1, -0.05) is 58.5 Å². The van der Waals surface area contributed by atoms with E-state index in [0.717, 1.165) is 12.1 Å². The fourth-order valence-corrected chi connectivity index (χ4v) is 5.06. The van der Waals surface area contributed by atoms with Crippen LogP contribution < -0.4 is 9.64 Å². The Morgan fingerprint density at radius 1 is 1.09 bits per heavy atom. The van der Waals surface area contributed by atoms with Gasteiger partial charge < -0.3 is 14.7 Å². The van der Waals surface area contributed by atoms with Crippen LogP contribution >= 0.6 is 12.2 Å². The Morgan fingerprint density at radius 3 is 2.32 bits per heavy atom. The summed E-state index contributed by atoms with van der Waals surface area (Å²) in [6.45, 7) is 14.0. The highest BCUT2D eigenvalue weighted by atomic mass is 32.1. The van der Waals surface area contributed by atoms with Gasteiger partial charge in [0.05, 0.1) is 16.6 Å². The van der Waals surface area contributed by atoms with E-state index in [-0.39, 0.29) is 35.7 Å². The van der Waals surface area contributed by atoms with E-state index in [1.165, 1.54) is 0 Å². The maximum atomic E-state index is 13.5. The molecule has 6 nitrogen and oxygen atoms in total. The van der Waals surface area contributed by atoms with Gasteiger partial charge in [0.1, 0.15) is 0 Å². The molecule has 1 aromatic carbocycles. The van der Waals surface area contributed by atoms with Crippen molar-refractivity contribution in [3.05, 3.63) is 47.9 Å². The molecule has 1 amide bonds. The minimum Gasteiger partial charge on any atom is -0.481 e. The first-order chi connectivity index (χ1) is 16.0. The fraction of sp³-hybridized carbons (Fsp3) is 0.519. The Balaban J connectivity index is 2.06. The predicted molar refractivity (Wildman–Crippen MR) is 139 cm³/mol. The summed E-state index contributed by atoms with van der Waals surface area (Å²) in [4.78, 5) is 29.6. The third-order valence-electron chi connectivity index (χ3n) is 7.39. The fourth-order valence-electron chi connectivity index (χ4n) is 4.45. The minimum absolute atomic E-state index is 0.00466. The van der Waals surface area contributed by atoms with Crippen LogP contribution in [0.2, 0.25) is 0 Å². The number of likely N-dealkylation sites (tertiary alicyclic amines) is 1. The number of amides is 1. The number of aliphatic carboxylic acids is 1. The van der Waals surface area contributed by atoms with Crippen molar-refractivity contribution in [2.45, 2.75) is 67.0 Å². The van der Waals surface area contributed by atoms with Crippen molar-refractivity contribution in [3.8, 4) is 5.75 Å². The first-order valence-corrected chi connectivity index (χ1v) is 12.5. The van der Waals surface area contributed by atoms with Crippen molar-refractivity contribution in [3.63, 3.8) is 0 Å². The molecule has 0 spiro atoms. The maximum absolute atomic E-state index is 13.5. The molecule has 5 unspecified atom stereocenters. The van der Waals surface area contributed by atoms with E-state index in [9.17, 15) is 14.7 Å². The number of carbonyl (C=O) groups is 2. The molecule has 1 aromatic rings. The van der Waals surface area contributed by atoms with Crippen LogP contribution in [0, 0.1) is 23.7 Å². The molecule has 0 aliphatic carbocycles. The van der Waals surface area contributed by atoms with Crippen LogP contribution in [-0.2, 0) is 9.59 Å². The summed E-state index contributed by atoms with van der Waals surface area (Å²) in [5, 5.41) is 9.60. The van der Waals surface area contributed by atoms with Crippen LogP contribution in [0.3, 0.4) is 0 Å². The van der Waals surface area contributed by atoms with E-state index >= 15 is 0 Å². The first-order valence-electron chi connectivity index (χ1n) is 12.1. The lowest BCUT2D eigenvalue weighted by Crippen LogP contribution is -2.41. The van der Waals surface area contributed by atoms with E-state index in [1.807, 2.05) is 49.1 Å². The van der Waals surface area contributed by atoms with Crippen molar-refractivity contribution >= 4 is 34.8 Å². The number of ether oxygens (including phenoxy) is 1. The van der Waals surface area contributed by atoms with Crippen LogP contribution in [0.5, 0.6) is 5.75 Å². The van der Waals surface area contributed by atoms with Gasteiger partial charge in [-0.2, -0.15) is 0 Å². The van der Waals surface area contributed by atoms with Crippen LogP contribution in [-0.4, -0.2) is 39.0 Å². The molecule has 0 radical (unpaired) electrons. The third kappa shape index (κ3) is 4.63. The molecule has 2 heterocycles. The molecule has 3 rings (SSSR count). The molecule has 34 heavy (non-hydrogen) atoms. The van der Waals surface area contributed by atoms with E-state index < -0.39 is 11.9 Å². The van der Waals surface area contributed by atoms with E-state index in [0.29, 0.717) is 22.2 Å². The van der Waals surface area contributed by atoms with Crippen molar-refractivity contribution in [1.82, 2.24) is 4.90 Å². The summed E-state index contributed by atoms with van der Waals surface area (Å²) in [7, 11) is 0. The van der Waals surface area contributed by atoms with Crippen LogP contribution in [0.4, 0.5) is 5.69 Å². The number of carboxylic acids is 1. The number of carboxylic acid groups (broad SMARTS) is 1. The topological polar surface area (TPSA) is 70.1 Å². The lowest BCUT2D eigenvalue weighted by molar-refractivity contribution is -0.141. The van der Waals surface area contributed by atoms with Crippen molar-refractivity contribution in [2.75, 3.05) is 4.90 Å². The molecule has 0 saturated carbocycles. The number of thiocarbonyl (C=S) groups is 1. The third-order valence-corrected chi connectivity index (χ3v) is 7.84. The quantitative estimate of drug-likeness (QED) is 0.380. The van der Waals surface area contributed by atoms with Gasteiger partial charge in [-0.3, -0.25) is 14.5 Å². The van der Waals surface area contributed by atoms with E-state index in [4.69, 9.17) is 17.0 Å². The Kier molecular flexibility index (Phi) is 7.86. The zero-order valence-electron chi connectivity index (χ0n) is 21.1. The highest BCUT2D eigenvalue weighted by Gasteiger charge is 2.44. The zero-order valence-corrected chi connectivity index (χ0v) is 21.9. The molecule has 7 heteroatoms. The highest BCUT2D eigenvalue weighted by Crippen LogP contribution is 2.42. The largest absolute Gasteiger partial charge is 0.481 e. The van der Waals surface area contributed by atoms with Crippen LogP contribution in [0.15, 0.2) is 47.9 Å². The molecule has 0 bridgehead atoms. The Bertz CT molecular complexity index is 1030. The SMILES string of the molecule is CCC(C)C1C(=S)N(C(C)C(C)C)C(=O)/C1=C/C=C1/Oc2ccccc2N1C(C)C(C)C(=O)O. The Hall–Kier alpha value is -2.67. The van der Waals surface area contributed by atoms with Crippen LogP contribution in [0.1, 0.15) is 54.9 Å². The molecule has 1 fully saturated rings. The molecular weight excluding hydrogens is 448 g/mol. The summed E-state index contributed by atoms with van der Waals surface area (Å²) < 4.78 is 6.12.